The minimum absolute atomic E-state index is 0.531. The topological polar surface area (TPSA) is 65.2 Å². The van der Waals surface area contributed by atoms with Gasteiger partial charge in [-0.05, 0) is 90.0 Å². The third kappa shape index (κ3) is 11.9. The number of thiophene rings is 2. The highest BCUT2D eigenvalue weighted by molar-refractivity contribution is 7.87. The first-order chi connectivity index (χ1) is 21.0. The molecule has 1 unspecified atom stereocenters. The lowest BCUT2D eigenvalue weighted by Gasteiger charge is -2.08. The Morgan fingerprint density at radius 1 is 0.907 bits per heavy atom. The minimum atomic E-state index is -1.16. The maximum atomic E-state index is 12.8. The Balaban J connectivity index is 0.000000514. The van der Waals surface area contributed by atoms with Crippen LogP contribution in [0.3, 0.4) is 0 Å². The van der Waals surface area contributed by atoms with Gasteiger partial charge in [-0.25, -0.2) is 4.98 Å². The van der Waals surface area contributed by atoms with Crippen LogP contribution in [0.2, 0.25) is 0 Å². The van der Waals surface area contributed by atoms with Gasteiger partial charge in [-0.15, -0.1) is 35.8 Å². The summed E-state index contributed by atoms with van der Waals surface area (Å²) < 4.78 is 18.6. The average molecular weight is 621 g/mol. The molecule has 1 atom stereocenters. The molecule has 4 rings (SSSR count). The summed E-state index contributed by atoms with van der Waals surface area (Å²) in [5, 5.41) is 2.94. The molecule has 3 aromatic heterocycles. The second kappa shape index (κ2) is 21.9. The highest BCUT2D eigenvalue weighted by Crippen LogP contribution is 2.43. The Hall–Kier alpha value is -4.82. The van der Waals surface area contributed by atoms with Gasteiger partial charge in [0.15, 0.2) is 0 Å². The Bertz CT molecular complexity index is 1790. The summed E-state index contributed by atoms with van der Waals surface area (Å²) in [5.41, 5.74) is 31.7. The SMILES string of the molecule is C=C.C=C=C=C=C=C.C=C=C=C=C=C=C.COCCCS(=O)c1sc2nc(-c3cccs3)cc(-c3ccccc3)c2c1N. The van der Waals surface area contributed by atoms with Crippen LogP contribution in [0, 0.1) is 0 Å². The molecule has 0 saturated carbocycles. The van der Waals surface area contributed by atoms with E-state index in [1.807, 2.05) is 29.6 Å². The molecule has 0 bridgehead atoms. The lowest BCUT2D eigenvalue weighted by Crippen LogP contribution is -2.02. The van der Waals surface area contributed by atoms with Crippen LogP contribution >= 0.6 is 22.7 Å². The largest absolute Gasteiger partial charge is 0.396 e. The number of rotatable bonds is 7. The van der Waals surface area contributed by atoms with E-state index in [1.165, 1.54) is 11.3 Å². The van der Waals surface area contributed by atoms with E-state index in [0.29, 0.717) is 22.3 Å². The standard InChI is InChI=1S/C21H20N2O2S3.C7H4.C6H4.C2H4/c1-25-10-6-12-28(24)21-19(22)18-15(14-7-3-2-4-8-14)13-16(23-20(18)27-21)17-9-5-11-26-17;1-3-5-7-6-4-2;1-3-5-6-4-2;1-2/h2-5,7-9,11,13H,6,10,12,22H2,1H3;1-2H2;1-2H2;1-2H2. The Morgan fingerprint density at radius 2 is 1.51 bits per heavy atom. The zero-order valence-corrected chi connectivity index (χ0v) is 26.6. The molecule has 43 heavy (non-hydrogen) atoms. The van der Waals surface area contributed by atoms with Crippen LogP contribution < -0.4 is 5.73 Å². The molecule has 1 aromatic carbocycles. The van der Waals surface area contributed by atoms with E-state index in [1.54, 1.807) is 18.4 Å². The van der Waals surface area contributed by atoms with Crippen molar-refractivity contribution >= 4 is 49.4 Å². The summed E-state index contributed by atoms with van der Waals surface area (Å²) in [5.74, 6) is 0.531. The number of hydrogen-bond acceptors (Lipinski definition) is 6. The van der Waals surface area contributed by atoms with E-state index in [0.717, 1.165) is 38.3 Å². The predicted octanol–water partition coefficient (Wildman–Crippen LogP) is 9.22. The van der Waals surface area contributed by atoms with Crippen molar-refractivity contribution in [3.63, 3.8) is 0 Å². The zero-order chi connectivity index (χ0) is 31.9. The van der Waals surface area contributed by atoms with Crippen LogP contribution in [0.4, 0.5) is 5.69 Å². The molecule has 0 amide bonds. The Kier molecular flexibility index (Phi) is 18.4. The molecular formula is C36H32N2O2S3. The first kappa shape index (κ1) is 36.2. The van der Waals surface area contributed by atoms with Crippen LogP contribution in [0.15, 0.2) is 149 Å². The molecule has 0 radical (unpaired) electrons. The van der Waals surface area contributed by atoms with Crippen molar-refractivity contribution < 1.29 is 8.95 Å². The molecule has 0 fully saturated rings. The minimum Gasteiger partial charge on any atom is -0.396 e. The molecule has 7 heteroatoms. The number of ether oxygens (including phenoxy) is 1. The summed E-state index contributed by atoms with van der Waals surface area (Å²) in [6.45, 7) is 19.5. The molecular weight excluding hydrogens is 589 g/mol. The molecule has 4 aromatic rings. The lowest BCUT2D eigenvalue weighted by atomic mass is 10.0. The van der Waals surface area contributed by atoms with Gasteiger partial charge in [0.2, 0.25) is 0 Å². The lowest BCUT2D eigenvalue weighted by molar-refractivity contribution is 0.200. The highest BCUT2D eigenvalue weighted by Gasteiger charge is 2.21. The number of aromatic nitrogens is 1. The normalized spacial score (nSPS) is 9.23. The van der Waals surface area contributed by atoms with Gasteiger partial charge in [-0.2, -0.15) is 0 Å². The predicted molar refractivity (Wildman–Crippen MR) is 186 cm³/mol. The quantitative estimate of drug-likeness (QED) is 0.127. The van der Waals surface area contributed by atoms with Crippen LogP contribution in [0.5, 0.6) is 0 Å². The third-order valence-electron chi connectivity index (χ3n) is 4.95. The first-order valence-electron chi connectivity index (χ1n) is 12.5. The van der Waals surface area contributed by atoms with Crippen LogP contribution in [-0.4, -0.2) is 28.7 Å². The van der Waals surface area contributed by atoms with E-state index in [9.17, 15) is 4.21 Å². The molecule has 0 saturated heterocycles. The zero-order valence-electron chi connectivity index (χ0n) is 24.1. The number of fused-ring (bicyclic) bond motifs is 1. The van der Waals surface area contributed by atoms with Crippen molar-refractivity contribution in [3.8, 4) is 21.7 Å². The van der Waals surface area contributed by atoms with Gasteiger partial charge in [0.05, 0.1) is 27.1 Å². The number of anilines is 1. The van der Waals surface area contributed by atoms with Crippen molar-refractivity contribution in [3.05, 3.63) is 145 Å². The molecule has 3 heterocycles. The van der Waals surface area contributed by atoms with E-state index >= 15 is 0 Å². The molecule has 4 nitrogen and oxygen atoms in total. The van der Waals surface area contributed by atoms with Gasteiger partial charge in [-0.1, -0.05) is 59.3 Å². The maximum absolute atomic E-state index is 12.8. The number of benzene rings is 1. The van der Waals surface area contributed by atoms with Gasteiger partial charge in [0, 0.05) is 24.9 Å². The maximum Gasteiger partial charge on any atom is 0.127 e. The van der Waals surface area contributed by atoms with E-state index in [-0.39, 0.29) is 0 Å². The van der Waals surface area contributed by atoms with Gasteiger partial charge in [0.1, 0.15) is 9.04 Å². The molecule has 0 aliphatic rings. The summed E-state index contributed by atoms with van der Waals surface area (Å²) in [4.78, 5) is 6.79. The fraction of sp³-hybridized carbons (Fsp3) is 0.111. The summed E-state index contributed by atoms with van der Waals surface area (Å²) in [6, 6.07) is 16.3. The van der Waals surface area contributed by atoms with Crippen molar-refractivity contribution in [2.24, 2.45) is 0 Å². The molecule has 0 aliphatic heterocycles. The van der Waals surface area contributed by atoms with Gasteiger partial charge < -0.3 is 10.5 Å². The van der Waals surface area contributed by atoms with Gasteiger partial charge >= 0.3 is 0 Å². The number of methoxy groups -OCH3 is 1. The number of nitrogens with zero attached hydrogens (tertiary/aromatic N) is 1. The van der Waals surface area contributed by atoms with Crippen molar-refractivity contribution in [2.75, 3.05) is 25.2 Å². The van der Waals surface area contributed by atoms with Crippen molar-refractivity contribution in [1.29, 1.82) is 0 Å². The molecule has 216 valence electrons. The fourth-order valence-corrected chi connectivity index (χ4v) is 6.61. The van der Waals surface area contributed by atoms with Crippen LogP contribution in [0.25, 0.3) is 31.9 Å². The molecule has 2 N–H and O–H groups in total. The number of nitrogens with two attached hydrogens (primary N) is 1. The fourth-order valence-electron chi connectivity index (χ4n) is 3.30. The molecule has 0 spiro atoms. The number of nitrogen functional groups attached to an aromatic ring is 1. The van der Waals surface area contributed by atoms with E-state index in [4.69, 9.17) is 15.5 Å². The Morgan fingerprint density at radius 3 is 2.05 bits per heavy atom. The first-order valence-corrected chi connectivity index (χ1v) is 15.6. The summed E-state index contributed by atoms with van der Waals surface area (Å²) in [6.07, 6.45) is 0.732. The van der Waals surface area contributed by atoms with Crippen molar-refractivity contribution in [1.82, 2.24) is 4.98 Å². The third-order valence-corrected chi connectivity index (χ3v) is 8.84. The summed E-state index contributed by atoms with van der Waals surface area (Å²) >= 11 is 3.09. The highest BCUT2D eigenvalue weighted by atomic mass is 32.2. The van der Waals surface area contributed by atoms with Crippen LogP contribution in [-0.2, 0) is 15.5 Å². The molecule has 0 aliphatic carbocycles. The number of hydrogen-bond donors (Lipinski definition) is 1. The second-order valence-electron chi connectivity index (χ2n) is 7.61. The summed E-state index contributed by atoms with van der Waals surface area (Å²) in [7, 11) is 0.491. The average Bonchev–Trinajstić information content (AvgIpc) is 3.71. The van der Waals surface area contributed by atoms with Crippen molar-refractivity contribution in [2.45, 2.75) is 10.6 Å². The van der Waals surface area contributed by atoms with E-state index < -0.39 is 10.8 Å². The van der Waals surface area contributed by atoms with E-state index in [2.05, 4.69) is 115 Å². The van der Waals surface area contributed by atoms with Gasteiger partial charge in [0.25, 0.3) is 0 Å². The van der Waals surface area contributed by atoms with Crippen LogP contribution in [0.1, 0.15) is 6.42 Å². The number of pyridine rings is 1. The second-order valence-corrected chi connectivity index (χ2v) is 11.3. The van der Waals surface area contributed by atoms with Gasteiger partial charge in [-0.3, -0.25) is 4.21 Å². The monoisotopic (exact) mass is 620 g/mol. The Labute approximate surface area is 264 Å². The smallest absolute Gasteiger partial charge is 0.127 e.